The van der Waals surface area contributed by atoms with Crippen molar-refractivity contribution in [1.29, 1.82) is 0 Å². The van der Waals surface area contributed by atoms with E-state index in [4.69, 9.17) is 14.2 Å². The van der Waals surface area contributed by atoms with E-state index >= 15 is 0 Å². The van der Waals surface area contributed by atoms with Crippen molar-refractivity contribution < 1.29 is 14.2 Å². The fourth-order valence-electron chi connectivity index (χ4n) is 3.05. The van der Waals surface area contributed by atoms with E-state index in [-0.39, 0.29) is 0 Å². The summed E-state index contributed by atoms with van der Waals surface area (Å²) in [5.74, 6) is 2.63. The van der Waals surface area contributed by atoms with Crippen molar-refractivity contribution in [1.82, 2.24) is 5.32 Å². The highest BCUT2D eigenvalue weighted by molar-refractivity contribution is 9.10. The van der Waals surface area contributed by atoms with Crippen molar-refractivity contribution in [2.45, 2.75) is 25.4 Å². The first-order valence-electron chi connectivity index (χ1n) is 7.84. The summed E-state index contributed by atoms with van der Waals surface area (Å²) in [5, 5.41) is 3.65. The van der Waals surface area contributed by atoms with E-state index in [1.165, 1.54) is 11.1 Å². The smallest absolute Gasteiger partial charge is 0.231 e. The van der Waals surface area contributed by atoms with Crippen LogP contribution in [-0.4, -0.2) is 13.4 Å². The Labute approximate surface area is 143 Å². The molecule has 0 saturated heterocycles. The molecule has 2 heterocycles. The molecule has 0 amide bonds. The molecule has 1 unspecified atom stereocenters. The van der Waals surface area contributed by atoms with Crippen LogP contribution >= 0.6 is 15.9 Å². The van der Waals surface area contributed by atoms with E-state index in [0.717, 1.165) is 47.7 Å². The van der Waals surface area contributed by atoms with Gasteiger partial charge in [-0.15, -0.1) is 0 Å². The summed E-state index contributed by atoms with van der Waals surface area (Å²) >= 11 is 3.51. The third kappa shape index (κ3) is 3.16. The van der Waals surface area contributed by atoms with Crippen molar-refractivity contribution in [3.63, 3.8) is 0 Å². The van der Waals surface area contributed by atoms with Gasteiger partial charge in [-0.2, -0.15) is 0 Å². The summed E-state index contributed by atoms with van der Waals surface area (Å²) in [6.07, 6.45) is 2.12. The van der Waals surface area contributed by atoms with Crippen LogP contribution in [0.25, 0.3) is 0 Å². The summed E-state index contributed by atoms with van der Waals surface area (Å²) < 4.78 is 17.7. The Morgan fingerprint density at radius 3 is 2.87 bits per heavy atom. The second-order valence-corrected chi connectivity index (χ2v) is 6.71. The van der Waals surface area contributed by atoms with E-state index in [1.807, 2.05) is 12.1 Å². The second-order valence-electron chi connectivity index (χ2n) is 5.79. The number of rotatable bonds is 3. The van der Waals surface area contributed by atoms with Crippen molar-refractivity contribution in [3.05, 3.63) is 52.0 Å². The number of fused-ring (bicyclic) bond motifs is 2. The maximum atomic E-state index is 5.87. The highest BCUT2D eigenvalue weighted by Crippen LogP contribution is 2.35. The van der Waals surface area contributed by atoms with Crippen molar-refractivity contribution in [2.75, 3.05) is 13.4 Å². The molecule has 0 aliphatic carbocycles. The molecule has 0 aromatic heterocycles. The number of ether oxygens (including phenoxy) is 3. The maximum absolute atomic E-state index is 5.87. The highest BCUT2D eigenvalue weighted by atomic mass is 79.9. The standard InChI is InChI=1S/C18H18BrNO3/c19-13-4-5-14-15(2-1-7-21-17(14)9-13)20-10-12-3-6-16-18(8-12)23-11-22-16/h3-6,8-9,15,20H,1-2,7,10-11H2. The lowest BCUT2D eigenvalue weighted by Gasteiger charge is -2.19. The minimum Gasteiger partial charge on any atom is -0.493 e. The molecule has 0 fully saturated rings. The predicted molar refractivity (Wildman–Crippen MR) is 91.0 cm³/mol. The van der Waals surface area contributed by atoms with Gasteiger partial charge in [0.15, 0.2) is 11.5 Å². The number of benzene rings is 2. The van der Waals surface area contributed by atoms with Gasteiger partial charge >= 0.3 is 0 Å². The van der Waals surface area contributed by atoms with Crippen molar-refractivity contribution in [2.24, 2.45) is 0 Å². The molecule has 23 heavy (non-hydrogen) atoms. The number of hydrogen-bond donors (Lipinski definition) is 1. The third-order valence-electron chi connectivity index (χ3n) is 4.24. The summed E-state index contributed by atoms with van der Waals surface area (Å²) in [6, 6.07) is 12.7. The largest absolute Gasteiger partial charge is 0.493 e. The zero-order chi connectivity index (χ0) is 15.6. The van der Waals surface area contributed by atoms with Crippen LogP contribution in [0.1, 0.15) is 30.0 Å². The summed E-state index contributed by atoms with van der Waals surface area (Å²) in [4.78, 5) is 0. The van der Waals surface area contributed by atoms with Gasteiger partial charge in [-0.3, -0.25) is 0 Å². The quantitative estimate of drug-likeness (QED) is 0.873. The normalized spacial score (nSPS) is 18.9. The molecule has 1 N–H and O–H groups in total. The monoisotopic (exact) mass is 375 g/mol. The molecule has 2 aliphatic rings. The number of hydrogen-bond acceptors (Lipinski definition) is 4. The van der Waals surface area contributed by atoms with Gasteiger partial charge in [0.25, 0.3) is 0 Å². The van der Waals surface area contributed by atoms with Crippen LogP contribution in [0, 0.1) is 0 Å². The van der Waals surface area contributed by atoms with E-state index in [9.17, 15) is 0 Å². The van der Waals surface area contributed by atoms with E-state index in [1.54, 1.807) is 0 Å². The SMILES string of the molecule is Brc1ccc2c(c1)OCCCC2NCc1ccc2c(c1)OCO2. The summed E-state index contributed by atoms with van der Waals surface area (Å²) in [7, 11) is 0. The Balaban J connectivity index is 1.50. The lowest BCUT2D eigenvalue weighted by Crippen LogP contribution is -2.20. The second kappa shape index (κ2) is 6.42. The van der Waals surface area contributed by atoms with E-state index in [0.29, 0.717) is 12.8 Å². The Morgan fingerprint density at radius 1 is 1.00 bits per heavy atom. The van der Waals surface area contributed by atoms with Gasteiger partial charge in [0.05, 0.1) is 6.61 Å². The number of halogens is 1. The topological polar surface area (TPSA) is 39.7 Å². The highest BCUT2D eigenvalue weighted by Gasteiger charge is 2.20. The third-order valence-corrected chi connectivity index (χ3v) is 4.73. The first kappa shape index (κ1) is 14.8. The Kier molecular flexibility index (Phi) is 4.14. The van der Waals surface area contributed by atoms with E-state index < -0.39 is 0 Å². The van der Waals surface area contributed by atoms with Gasteiger partial charge in [0, 0.05) is 22.6 Å². The molecular weight excluding hydrogens is 358 g/mol. The zero-order valence-electron chi connectivity index (χ0n) is 12.7. The van der Waals surface area contributed by atoms with Gasteiger partial charge in [0.1, 0.15) is 5.75 Å². The minimum atomic E-state index is 0.297. The van der Waals surface area contributed by atoms with Crippen LogP contribution < -0.4 is 19.5 Å². The fraction of sp³-hybridized carbons (Fsp3) is 0.333. The number of nitrogens with one attached hydrogen (secondary N) is 1. The molecule has 120 valence electrons. The Hall–Kier alpha value is -1.72. The lowest BCUT2D eigenvalue weighted by molar-refractivity contribution is 0.174. The fourth-order valence-corrected chi connectivity index (χ4v) is 3.39. The van der Waals surface area contributed by atoms with Crippen LogP contribution in [0.2, 0.25) is 0 Å². The van der Waals surface area contributed by atoms with Gasteiger partial charge in [-0.25, -0.2) is 0 Å². The zero-order valence-corrected chi connectivity index (χ0v) is 14.3. The molecule has 4 rings (SSSR count). The molecule has 0 spiro atoms. The van der Waals surface area contributed by atoms with Gasteiger partial charge in [-0.1, -0.05) is 28.1 Å². The van der Waals surface area contributed by atoms with Crippen molar-refractivity contribution >= 4 is 15.9 Å². The Morgan fingerprint density at radius 2 is 1.91 bits per heavy atom. The Bertz CT molecular complexity index is 719. The molecule has 0 bridgehead atoms. The first-order valence-corrected chi connectivity index (χ1v) is 8.63. The molecule has 2 aromatic rings. The molecular formula is C18H18BrNO3. The van der Waals surface area contributed by atoms with Crippen molar-refractivity contribution in [3.8, 4) is 17.2 Å². The van der Waals surface area contributed by atoms with Crippen LogP contribution in [-0.2, 0) is 6.54 Å². The molecule has 1 atom stereocenters. The minimum absolute atomic E-state index is 0.297. The molecule has 0 radical (unpaired) electrons. The predicted octanol–water partition coefficient (Wildman–Crippen LogP) is 4.18. The van der Waals surface area contributed by atoms with Gasteiger partial charge in [-0.05, 0) is 42.7 Å². The molecule has 0 saturated carbocycles. The van der Waals surface area contributed by atoms with Gasteiger partial charge in [0.2, 0.25) is 6.79 Å². The average Bonchev–Trinajstić information content (AvgIpc) is 2.93. The summed E-state index contributed by atoms with van der Waals surface area (Å²) in [6.45, 7) is 1.87. The first-order chi connectivity index (χ1) is 11.3. The molecule has 2 aliphatic heterocycles. The molecule has 5 heteroatoms. The average molecular weight is 376 g/mol. The molecule has 2 aromatic carbocycles. The van der Waals surface area contributed by atoms with Crippen LogP contribution in [0.3, 0.4) is 0 Å². The van der Waals surface area contributed by atoms with Gasteiger partial charge < -0.3 is 19.5 Å². The van der Waals surface area contributed by atoms with Crippen LogP contribution in [0.15, 0.2) is 40.9 Å². The van der Waals surface area contributed by atoms with Crippen LogP contribution in [0.4, 0.5) is 0 Å². The molecule has 4 nitrogen and oxygen atoms in total. The lowest BCUT2D eigenvalue weighted by atomic mass is 10.0. The maximum Gasteiger partial charge on any atom is 0.231 e. The van der Waals surface area contributed by atoms with Crippen LogP contribution in [0.5, 0.6) is 17.2 Å². The van der Waals surface area contributed by atoms with E-state index in [2.05, 4.69) is 45.5 Å². The summed E-state index contributed by atoms with van der Waals surface area (Å²) in [5.41, 5.74) is 2.42.